The summed E-state index contributed by atoms with van der Waals surface area (Å²) in [5.74, 6) is -0.256. The number of thioether (sulfide) groups is 1. The highest BCUT2D eigenvalue weighted by Crippen LogP contribution is 2.46. The lowest BCUT2D eigenvalue weighted by molar-refractivity contribution is -0.156. The van der Waals surface area contributed by atoms with E-state index in [0.717, 1.165) is 39.0 Å². The number of rotatable bonds is 14. The van der Waals surface area contributed by atoms with Crippen LogP contribution in [0.25, 0.3) is 16.5 Å². The molecule has 1 saturated heterocycles. The molecule has 0 radical (unpaired) electrons. The van der Waals surface area contributed by atoms with Crippen LogP contribution in [0.3, 0.4) is 0 Å². The third kappa shape index (κ3) is 10.2. The van der Waals surface area contributed by atoms with E-state index in [1.54, 1.807) is 13.3 Å². The van der Waals surface area contributed by atoms with Crippen LogP contribution in [-0.4, -0.2) is 132 Å². The monoisotopic (exact) mass is 861 g/mol. The number of hydrogen-bond donors (Lipinski definition) is 3. The fraction of sp³-hybridized carbons (Fsp3) is 0.630. The fourth-order valence-electron chi connectivity index (χ4n) is 8.91. The Labute approximate surface area is 365 Å². The molecule has 334 valence electrons. The second-order valence-electron chi connectivity index (χ2n) is 17.7. The minimum Gasteiger partial charge on any atom is -0.464 e. The molecule has 2 fully saturated rings. The molecular formula is C46H67N7O7S. The van der Waals surface area contributed by atoms with Gasteiger partial charge in [0.15, 0.2) is 0 Å². The number of allylic oxidation sites excluding steroid dienone is 2. The Morgan fingerprint density at radius 2 is 2.02 bits per heavy atom. The lowest BCUT2D eigenvalue weighted by atomic mass is 9.84. The summed E-state index contributed by atoms with van der Waals surface area (Å²) >= 11 is 1.54. The number of carbonyl (C=O) groups excluding carboxylic acids is 3. The minimum atomic E-state index is -1.12. The SMILES string of the molecule is C=C/C(=C(\N=C/C)[C@H](C)OC)c1c2c3cc(ccc3n1CC)C1CSC(=N1)[C@@H](OCCN(C)CCO)[C@H](NC(=O)[C@H]1[C@H](C)[C@@H]1C)C(=O)N1CCC[C@H](N1)C(=O)OCC(C)(C)C2. The summed E-state index contributed by atoms with van der Waals surface area (Å²) in [6, 6.07) is 4.38. The number of cyclic esters (lactones) is 1. The molecule has 1 aromatic carbocycles. The number of aliphatic imine (C=N–C) groups is 2. The summed E-state index contributed by atoms with van der Waals surface area (Å²) in [5, 5.41) is 15.8. The molecule has 3 aliphatic heterocycles. The Morgan fingerprint density at radius 1 is 1.26 bits per heavy atom. The second kappa shape index (κ2) is 20.1. The smallest absolute Gasteiger partial charge is 0.324 e. The van der Waals surface area contributed by atoms with Gasteiger partial charge >= 0.3 is 5.97 Å². The molecule has 4 aliphatic rings. The Hall–Kier alpha value is -3.86. The first-order valence-electron chi connectivity index (χ1n) is 21.9. The van der Waals surface area contributed by atoms with E-state index in [9.17, 15) is 19.5 Å². The molecular weight excluding hydrogens is 795 g/mol. The number of aryl methyl sites for hydroxylation is 1. The molecule has 8 atom stereocenters. The van der Waals surface area contributed by atoms with Gasteiger partial charge < -0.3 is 34.1 Å². The van der Waals surface area contributed by atoms with Gasteiger partial charge in [0.2, 0.25) is 5.91 Å². The van der Waals surface area contributed by atoms with Crippen molar-refractivity contribution in [1.29, 1.82) is 0 Å². The Bertz CT molecular complexity index is 2040. The summed E-state index contributed by atoms with van der Waals surface area (Å²) < 4.78 is 20.9. The Morgan fingerprint density at radius 3 is 2.67 bits per heavy atom. The molecule has 14 nitrogen and oxygen atoms in total. The molecule has 1 aliphatic carbocycles. The number of hydrogen-bond acceptors (Lipinski definition) is 12. The van der Waals surface area contributed by atoms with E-state index in [2.05, 4.69) is 60.9 Å². The number of amides is 2. The van der Waals surface area contributed by atoms with Gasteiger partial charge in [-0.15, -0.1) is 11.8 Å². The van der Waals surface area contributed by atoms with Gasteiger partial charge in [-0.3, -0.25) is 29.4 Å². The van der Waals surface area contributed by atoms with Crippen LogP contribution < -0.4 is 10.7 Å². The fourth-order valence-corrected chi connectivity index (χ4v) is 10.1. The number of aromatic nitrogens is 1. The second-order valence-corrected chi connectivity index (χ2v) is 18.8. The normalized spacial score (nSPS) is 27.8. The third-order valence-corrected chi connectivity index (χ3v) is 13.9. The van der Waals surface area contributed by atoms with Crippen LogP contribution in [0.5, 0.6) is 0 Å². The quantitative estimate of drug-likeness (QED) is 0.131. The number of carbonyl (C=O) groups is 3. The molecule has 6 rings (SSSR count). The topological polar surface area (TPSA) is 159 Å². The first-order valence-corrected chi connectivity index (χ1v) is 22.9. The summed E-state index contributed by atoms with van der Waals surface area (Å²) in [5.41, 5.74) is 8.46. The van der Waals surface area contributed by atoms with Crippen molar-refractivity contribution in [2.24, 2.45) is 33.2 Å². The molecule has 61 heavy (non-hydrogen) atoms. The molecule has 0 spiro atoms. The number of fused-ring (bicyclic) bond motifs is 5. The number of aliphatic hydroxyl groups excluding tert-OH is 1. The molecule has 1 saturated carbocycles. The van der Waals surface area contributed by atoms with Crippen molar-refractivity contribution in [2.75, 3.05) is 59.4 Å². The van der Waals surface area contributed by atoms with Gasteiger partial charge in [0, 0.05) is 73.1 Å². The number of benzene rings is 1. The number of esters is 1. The average Bonchev–Trinajstić information content (AvgIpc) is 3.52. The zero-order valence-electron chi connectivity index (χ0n) is 37.5. The zero-order chi connectivity index (χ0) is 44.2. The van der Waals surface area contributed by atoms with Crippen molar-refractivity contribution in [2.45, 2.75) is 105 Å². The van der Waals surface area contributed by atoms with Crippen LogP contribution in [0.1, 0.15) is 84.2 Å². The molecule has 6 bridgehead atoms. The molecule has 3 N–H and O–H groups in total. The first-order chi connectivity index (χ1) is 29.2. The highest BCUT2D eigenvalue weighted by atomic mass is 32.2. The Kier molecular flexibility index (Phi) is 15.4. The average molecular weight is 862 g/mol. The molecule has 1 aromatic heterocycles. The van der Waals surface area contributed by atoms with Gasteiger partial charge in [-0.25, -0.2) is 5.43 Å². The van der Waals surface area contributed by atoms with Crippen molar-refractivity contribution >= 4 is 57.3 Å². The maximum atomic E-state index is 14.8. The van der Waals surface area contributed by atoms with Crippen LogP contribution in [0.2, 0.25) is 0 Å². The van der Waals surface area contributed by atoms with E-state index in [-0.39, 0.29) is 55.6 Å². The number of hydrazine groups is 1. The molecule has 15 heteroatoms. The number of nitrogens with one attached hydrogen (secondary N) is 2. The predicted molar refractivity (Wildman–Crippen MR) is 242 cm³/mol. The highest BCUT2D eigenvalue weighted by molar-refractivity contribution is 8.14. The minimum absolute atomic E-state index is 0.00131. The lowest BCUT2D eigenvalue weighted by Gasteiger charge is -2.37. The third-order valence-electron chi connectivity index (χ3n) is 12.8. The zero-order valence-corrected chi connectivity index (χ0v) is 38.3. The van der Waals surface area contributed by atoms with Crippen LogP contribution in [0.4, 0.5) is 0 Å². The maximum absolute atomic E-state index is 14.8. The van der Waals surface area contributed by atoms with Crippen LogP contribution in [0, 0.1) is 23.2 Å². The van der Waals surface area contributed by atoms with E-state index < -0.39 is 35.5 Å². The number of likely N-dealkylation sites (N-methyl/N-ethyl adjacent to an activating group) is 1. The van der Waals surface area contributed by atoms with E-state index in [1.807, 2.05) is 45.7 Å². The van der Waals surface area contributed by atoms with Crippen molar-refractivity contribution < 1.29 is 33.7 Å². The van der Waals surface area contributed by atoms with Gasteiger partial charge in [0.25, 0.3) is 5.91 Å². The van der Waals surface area contributed by atoms with E-state index in [0.29, 0.717) is 56.2 Å². The molecule has 1 unspecified atom stereocenters. The molecule has 2 amide bonds. The van der Waals surface area contributed by atoms with E-state index in [4.69, 9.17) is 24.2 Å². The predicted octanol–water partition coefficient (Wildman–Crippen LogP) is 5.19. The van der Waals surface area contributed by atoms with Crippen LogP contribution in [-0.2, 0) is 41.6 Å². The number of aliphatic hydroxyl groups is 1. The van der Waals surface area contributed by atoms with Gasteiger partial charge in [-0.05, 0) is 82.2 Å². The van der Waals surface area contributed by atoms with Crippen LogP contribution in [0.15, 0.2) is 46.5 Å². The Balaban J connectivity index is 1.53. The standard InChI is InChI=1S/C46H67N7O7S/c1-11-31(38(47-12-2)29(6)58-10)40-33-24-46(7,8)26-60-45(57)34-15-14-18-53(50-34)44(56)39(49-42(55)37-27(4)28(37)5)41(59-22-20-51(9)19-21-54)43-48-35(25-61-43)30-16-17-36(32(33)23-30)52(40)13-3/h11-12,16-17,23,27-29,34-35,37,39,41,50,54H,1,13-15,18-22,24-26H2,2-10H3,(H,49,55)/b38-31+,47-12-/t27-,28+,29-,34-,35?,37+,39-,41-/m0/s1. The van der Waals surface area contributed by atoms with Gasteiger partial charge in [-0.1, -0.05) is 46.4 Å². The van der Waals surface area contributed by atoms with Gasteiger partial charge in [0.05, 0.1) is 43.4 Å². The molecule has 4 heterocycles. The number of nitrogens with zero attached hydrogens (tertiary/aromatic N) is 5. The maximum Gasteiger partial charge on any atom is 0.324 e. The number of methoxy groups -OCH3 is 1. The van der Waals surface area contributed by atoms with Crippen LogP contribution >= 0.6 is 11.8 Å². The summed E-state index contributed by atoms with van der Waals surface area (Å²) in [4.78, 5) is 54.7. The van der Waals surface area contributed by atoms with Crippen molar-refractivity contribution in [3.05, 3.63) is 53.4 Å². The van der Waals surface area contributed by atoms with Gasteiger partial charge in [-0.2, -0.15) is 0 Å². The molecule has 2 aromatic rings. The first kappa shape index (κ1) is 46.6. The van der Waals surface area contributed by atoms with Crippen molar-refractivity contribution in [3.8, 4) is 0 Å². The van der Waals surface area contributed by atoms with Crippen molar-refractivity contribution in [1.82, 2.24) is 25.2 Å². The largest absolute Gasteiger partial charge is 0.464 e. The van der Waals surface area contributed by atoms with Crippen molar-refractivity contribution in [3.63, 3.8) is 0 Å². The summed E-state index contributed by atoms with van der Waals surface area (Å²) in [6.45, 7) is 20.9. The van der Waals surface area contributed by atoms with E-state index in [1.165, 1.54) is 16.8 Å². The van der Waals surface area contributed by atoms with Gasteiger partial charge in [0.1, 0.15) is 23.2 Å². The summed E-state index contributed by atoms with van der Waals surface area (Å²) in [6.07, 6.45) is 4.05. The van der Waals surface area contributed by atoms with E-state index >= 15 is 0 Å². The highest BCUT2D eigenvalue weighted by Gasteiger charge is 2.50. The lowest BCUT2D eigenvalue weighted by Crippen LogP contribution is -2.63. The number of ether oxygens (including phenoxy) is 3. The summed E-state index contributed by atoms with van der Waals surface area (Å²) in [7, 11) is 3.57.